The van der Waals surface area contributed by atoms with Gasteiger partial charge in [0.15, 0.2) is 0 Å². The van der Waals surface area contributed by atoms with Gasteiger partial charge in [0, 0.05) is 24.0 Å². The summed E-state index contributed by atoms with van der Waals surface area (Å²) >= 11 is 0. The number of pyridine rings is 1. The molecule has 0 aliphatic heterocycles. The first-order chi connectivity index (χ1) is 11.5. The van der Waals surface area contributed by atoms with Crippen LogP contribution in [0.3, 0.4) is 0 Å². The smallest absolute Gasteiger partial charge is 0.326 e. The molecule has 124 valence electrons. The van der Waals surface area contributed by atoms with Crippen molar-refractivity contribution in [2.75, 3.05) is 0 Å². The number of carboxylic acid groups (broad SMARTS) is 1. The summed E-state index contributed by atoms with van der Waals surface area (Å²) in [5.41, 5.74) is 3.41. The second-order valence-electron chi connectivity index (χ2n) is 6.29. The third-order valence-corrected chi connectivity index (χ3v) is 4.32. The number of aromatic nitrogens is 1. The highest BCUT2D eigenvalue weighted by molar-refractivity contribution is 5.97. The van der Waals surface area contributed by atoms with Gasteiger partial charge in [0.05, 0.1) is 5.56 Å². The second-order valence-corrected chi connectivity index (χ2v) is 6.29. The minimum Gasteiger partial charge on any atom is -0.480 e. The van der Waals surface area contributed by atoms with Gasteiger partial charge in [-0.25, -0.2) is 4.79 Å². The molecule has 3 rings (SSSR count). The Morgan fingerprint density at radius 1 is 1.17 bits per heavy atom. The van der Waals surface area contributed by atoms with E-state index >= 15 is 0 Å². The molecule has 1 atom stereocenters. The Kier molecular flexibility index (Phi) is 4.34. The lowest BCUT2D eigenvalue weighted by Crippen LogP contribution is -2.44. The highest BCUT2D eigenvalue weighted by Crippen LogP contribution is 2.31. The maximum Gasteiger partial charge on any atom is 0.326 e. The molecule has 1 fully saturated rings. The van der Waals surface area contributed by atoms with Crippen molar-refractivity contribution in [2.24, 2.45) is 0 Å². The Labute approximate surface area is 140 Å². The van der Waals surface area contributed by atoms with Crippen LogP contribution in [-0.4, -0.2) is 39.0 Å². The third kappa shape index (κ3) is 3.30. The van der Waals surface area contributed by atoms with Crippen LogP contribution in [-0.2, 0) is 4.79 Å². The van der Waals surface area contributed by atoms with E-state index in [0.717, 1.165) is 29.5 Å². The molecule has 5 nitrogen and oxygen atoms in total. The van der Waals surface area contributed by atoms with Crippen molar-refractivity contribution in [3.63, 3.8) is 0 Å². The summed E-state index contributed by atoms with van der Waals surface area (Å²) in [7, 11) is 0. The van der Waals surface area contributed by atoms with Crippen molar-refractivity contribution >= 4 is 11.9 Å². The monoisotopic (exact) mass is 324 g/mol. The van der Waals surface area contributed by atoms with Crippen LogP contribution in [0.25, 0.3) is 11.1 Å². The number of amides is 1. The summed E-state index contributed by atoms with van der Waals surface area (Å²) in [5.74, 6) is -1.26. The summed E-state index contributed by atoms with van der Waals surface area (Å²) in [6, 6.07) is 8.95. The van der Waals surface area contributed by atoms with Gasteiger partial charge >= 0.3 is 5.97 Å². The molecule has 1 aliphatic carbocycles. The van der Waals surface area contributed by atoms with Crippen molar-refractivity contribution in [3.8, 4) is 11.1 Å². The molecule has 0 spiro atoms. The maximum absolute atomic E-state index is 12.8. The van der Waals surface area contributed by atoms with E-state index in [4.69, 9.17) is 0 Å². The summed E-state index contributed by atoms with van der Waals surface area (Å²) in [6.45, 7) is 3.57. The molecule has 1 aromatic heterocycles. The van der Waals surface area contributed by atoms with Crippen LogP contribution in [0, 0.1) is 6.92 Å². The van der Waals surface area contributed by atoms with Crippen LogP contribution in [0.2, 0.25) is 0 Å². The number of carboxylic acids is 1. The van der Waals surface area contributed by atoms with Crippen molar-refractivity contribution in [1.29, 1.82) is 0 Å². The fourth-order valence-corrected chi connectivity index (χ4v) is 2.74. The summed E-state index contributed by atoms with van der Waals surface area (Å²) in [6.07, 6.45) is 4.93. The van der Waals surface area contributed by atoms with Gasteiger partial charge in [-0.3, -0.25) is 9.78 Å². The molecule has 1 aliphatic rings. The van der Waals surface area contributed by atoms with Gasteiger partial charge in [-0.05, 0) is 38.3 Å². The fourth-order valence-electron chi connectivity index (χ4n) is 2.74. The molecule has 2 aromatic rings. The zero-order chi connectivity index (χ0) is 17.3. The number of aliphatic carboxylic acids is 1. The van der Waals surface area contributed by atoms with E-state index in [1.165, 1.54) is 11.1 Å². The van der Waals surface area contributed by atoms with Gasteiger partial charge in [-0.15, -0.1) is 0 Å². The number of benzene rings is 1. The van der Waals surface area contributed by atoms with Crippen molar-refractivity contribution in [2.45, 2.75) is 38.8 Å². The van der Waals surface area contributed by atoms with Crippen LogP contribution < -0.4 is 0 Å². The summed E-state index contributed by atoms with van der Waals surface area (Å²) in [4.78, 5) is 29.8. The Morgan fingerprint density at radius 3 is 2.42 bits per heavy atom. The minimum absolute atomic E-state index is 0.0200. The first kappa shape index (κ1) is 16.2. The van der Waals surface area contributed by atoms with Gasteiger partial charge in [-0.1, -0.05) is 29.8 Å². The number of carbonyl (C=O) groups is 2. The molecule has 0 saturated heterocycles. The standard InChI is InChI=1S/C19H20N2O3/c1-12-3-5-14(6-4-12)15-9-16(11-20-10-15)18(22)21(17-7-8-17)13(2)19(23)24/h3-6,9-11,13,17H,7-8H2,1-2H3,(H,23,24). The SMILES string of the molecule is Cc1ccc(-c2cncc(C(=O)N(C3CC3)C(C)C(=O)O)c2)cc1. The zero-order valence-electron chi connectivity index (χ0n) is 13.8. The number of carbonyl (C=O) groups excluding carboxylic acids is 1. The number of hydrogen-bond donors (Lipinski definition) is 1. The Morgan fingerprint density at radius 2 is 1.83 bits per heavy atom. The number of nitrogens with zero attached hydrogens (tertiary/aromatic N) is 2. The molecule has 1 unspecified atom stereocenters. The highest BCUT2D eigenvalue weighted by Gasteiger charge is 2.38. The molecule has 5 heteroatoms. The van der Waals surface area contributed by atoms with Crippen molar-refractivity contribution in [1.82, 2.24) is 9.88 Å². The third-order valence-electron chi connectivity index (χ3n) is 4.32. The van der Waals surface area contributed by atoms with E-state index in [1.807, 2.05) is 31.2 Å². The van der Waals surface area contributed by atoms with E-state index in [2.05, 4.69) is 4.98 Å². The molecule has 0 bridgehead atoms. The Balaban J connectivity index is 1.91. The Hall–Kier alpha value is -2.69. The summed E-state index contributed by atoms with van der Waals surface area (Å²) in [5, 5.41) is 9.27. The van der Waals surface area contributed by atoms with E-state index < -0.39 is 12.0 Å². The largest absolute Gasteiger partial charge is 0.480 e. The van der Waals surface area contributed by atoms with Gasteiger partial charge < -0.3 is 10.0 Å². The molecule has 1 aromatic carbocycles. The average molecular weight is 324 g/mol. The van der Waals surface area contributed by atoms with E-state index in [0.29, 0.717) is 5.56 Å². The number of rotatable bonds is 5. The van der Waals surface area contributed by atoms with Gasteiger partial charge in [0.1, 0.15) is 6.04 Å². The van der Waals surface area contributed by atoms with Crippen LogP contribution >= 0.6 is 0 Å². The molecule has 1 heterocycles. The molecule has 0 radical (unpaired) electrons. The first-order valence-corrected chi connectivity index (χ1v) is 8.05. The first-order valence-electron chi connectivity index (χ1n) is 8.05. The normalized spacial score (nSPS) is 14.9. The molecular weight excluding hydrogens is 304 g/mol. The van der Waals surface area contributed by atoms with E-state index in [-0.39, 0.29) is 11.9 Å². The van der Waals surface area contributed by atoms with Crippen molar-refractivity contribution < 1.29 is 14.7 Å². The number of hydrogen-bond acceptors (Lipinski definition) is 3. The minimum atomic E-state index is -0.988. The molecule has 1 saturated carbocycles. The van der Waals surface area contributed by atoms with Crippen LogP contribution in [0.15, 0.2) is 42.7 Å². The quantitative estimate of drug-likeness (QED) is 0.917. The predicted molar refractivity (Wildman–Crippen MR) is 90.7 cm³/mol. The topological polar surface area (TPSA) is 70.5 Å². The van der Waals surface area contributed by atoms with Gasteiger partial charge in [0.25, 0.3) is 5.91 Å². The molecule has 1 N–H and O–H groups in total. The maximum atomic E-state index is 12.8. The molecular formula is C19H20N2O3. The van der Waals surface area contributed by atoms with Crippen LogP contribution in [0.1, 0.15) is 35.7 Å². The zero-order valence-corrected chi connectivity index (χ0v) is 13.8. The van der Waals surface area contributed by atoms with Crippen molar-refractivity contribution in [3.05, 3.63) is 53.9 Å². The second kappa shape index (κ2) is 6.43. The van der Waals surface area contributed by atoms with Gasteiger partial charge in [0.2, 0.25) is 0 Å². The van der Waals surface area contributed by atoms with E-state index in [1.54, 1.807) is 19.2 Å². The predicted octanol–water partition coefficient (Wildman–Crippen LogP) is 3.13. The fraction of sp³-hybridized carbons (Fsp3) is 0.316. The highest BCUT2D eigenvalue weighted by atomic mass is 16.4. The van der Waals surface area contributed by atoms with E-state index in [9.17, 15) is 14.7 Å². The number of aryl methyl sites for hydroxylation is 1. The summed E-state index contributed by atoms with van der Waals surface area (Å²) < 4.78 is 0. The average Bonchev–Trinajstić information content (AvgIpc) is 3.40. The Bertz CT molecular complexity index is 766. The lowest BCUT2D eigenvalue weighted by Gasteiger charge is -2.26. The van der Waals surface area contributed by atoms with Crippen LogP contribution in [0.4, 0.5) is 0 Å². The molecule has 24 heavy (non-hydrogen) atoms. The van der Waals surface area contributed by atoms with Gasteiger partial charge in [-0.2, -0.15) is 0 Å². The van der Waals surface area contributed by atoms with Crippen LogP contribution in [0.5, 0.6) is 0 Å². The lowest BCUT2D eigenvalue weighted by atomic mass is 10.0. The lowest BCUT2D eigenvalue weighted by molar-refractivity contribution is -0.141. The molecule has 1 amide bonds.